The molecule has 0 aliphatic rings. The molecule has 6 nitrogen and oxygen atoms in total. The Kier molecular flexibility index (Phi) is 8.31. The lowest BCUT2D eigenvalue weighted by Gasteiger charge is -2.21. The highest BCUT2D eigenvalue weighted by molar-refractivity contribution is 6.33. The fraction of sp³-hybridized carbons (Fsp3) is 0.250. The normalized spacial score (nSPS) is 12.6. The van der Waals surface area contributed by atoms with E-state index in [4.69, 9.17) is 16.3 Å². The van der Waals surface area contributed by atoms with Crippen LogP contribution in [0.4, 0.5) is 23.2 Å². The highest BCUT2D eigenvalue weighted by atomic mass is 35.5. The minimum Gasteiger partial charge on any atom is -0.488 e. The molecule has 0 spiro atoms. The summed E-state index contributed by atoms with van der Waals surface area (Å²) in [5.41, 5.74) is -0.248. The van der Waals surface area contributed by atoms with E-state index in [1.54, 1.807) is 24.1 Å². The van der Waals surface area contributed by atoms with E-state index < -0.39 is 34.3 Å². The number of rotatable bonds is 9. The molecule has 1 atom stereocenters. The maximum Gasteiger partial charge on any atom is 0.417 e. The van der Waals surface area contributed by atoms with Crippen LogP contribution >= 0.6 is 11.6 Å². The zero-order chi connectivity index (χ0) is 25.8. The summed E-state index contributed by atoms with van der Waals surface area (Å²) in [7, 11) is 1.70. The summed E-state index contributed by atoms with van der Waals surface area (Å²) < 4.78 is 59.2. The van der Waals surface area contributed by atoms with Crippen LogP contribution < -0.4 is 4.74 Å². The Balaban J connectivity index is 1.60. The first kappa shape index (κ1) is 26.4. The van der Waals surface area contributed by atoms with Crippen molar-refractivity contribution >= 4 is 17.3 Å². The number of aliphatic hydroxyl groups is 1. The van der Waals surface area contributed by atoms with Gasteiger partial charge in [0.2, 0.25) is 0 Å². The number of non-ortho nitro benzene ring substituents is 1. The molecule has 0 bridgehead atoms. The fourth-order valence-electron chi connectivity index (χ4n) is 3.54. The van der Waals surface area contributed by atoms with Crippen LogP contribution in [0.15, 0.2) is 60.7 Å². The van der Waals surface area contributed by atoms with Crippen molar-refractivity contribution in [2.45, 2.75) is 18.8 Å². The highest BCUT2D eigenvalue weighted by Gasteiger charge is 2.33. The van der Waals surface area contributed by atoms with Gasteiger partial charge in [-0.2, -0.15) is 13.2 Å². The van der Waals surface area contributed by atoms with Crippen LogP contribution in [0.25, 0.3) is 11.1 Å². The molecule has 1 unspecified atom stereocenters. The van der Waals surface area contributed by atoms with Crippen molar-refractivity contribution in [3.05, 3.63) is 92.7 Å². The van der Waals surface area contributed by atoms with Gasteiger partial charge in [-0.05, 0) is 36.4 Å². The lowest BCUT2D eigenvalue weighted by atomic mass is 9.98. The molecule has 0 radical (unpaired) electrons. The maximum absolute atomic E-state index is 13.9. The van der Waals surface area contributed by atoms with Crippen molar-refractivity contribution < 1.29 is 32.3 Å². The van der Waals surface area contributed by atoms with E-state index >= 15 is 0 Å². The van der Waals surface area contributed by atoms with Crippen molar-refractivity contribution in [1.29, 1.82) is 0 Å². The summed E-state index contributed by atoms with van der Waals surface area (Å²) in [6.07, 6.45) is -5.53. The monoisotopic (exact) mass is 512 g/mol. The molecule has 35 heavy (non-hydrogen) atoms. The second-order valence-corrected chi connectivity index (χ2v) is 8.30. The molecule has 0 saturated carbocycles. The summed E-state index contributed by atoms with van der Waals surface area (Å²) in [4.78, 5) is 11.7. The topological polar surface area (TPSA) is 75.8 Å². The van der Waals surface area contributed by atoms with Gasteiger partial charge in [0, 0.05) is 29.7 Å². The number of halogens is 5. The van der Waals surface area contributed by atoms with Gasteiger partial charge >= 0.3 is 6.18 Å². The third-order valence-corrected chi connectivity index (χ3v) is 5.40. The van der Waals surface area contributed by atoms with Crippen molar-refractivity contribution in [3.8, 4) is 16.9 Å². The van der Waals surface area contributed by atoms with Crippen LogP contribution in [0.1, 0.15) is 11.1 Å². The Morgan fingerprint density at radius 2 is 1.83 bits per heavy atom. The van der Waals surface area contributed by atoms with Crippen LogP contribution in [-0.2, 0) is 12.7 Å². The lowest BCUT2D eigenvalue weighted by Crippen LogP contribution is -2.32. The van der Waals surface area contributed by atoms with Gasteiger partial charge in [-0.25, -0.2) is 4.39 Å². The minimum atomic E-state index is -4.52. The van der Waals surface area contributed by atoms with Gasteiger partial charge in [-0.15, -0.1) is 0 Å². The molecule has 0 aliphatic heterocycles. The molecular formula is C24H21ClF4N2O4. The third kappa shape index (κ3) is 6.91. The zero-order valence-corrected chi connectivity index (χ0v) is 19.2. The van der Waals surface area contributed by atoms with E-state index in [-0.39, 0.29) is 35.1 Å². The number of nitrogens with zero attached hydrogens (tertiary/aromatic N) is 2. The Morgan fingerprint density at radius 3 is 2.46 bits per heavy atom. The van der Waals surface area contributed by atoms with Crippen LogP contribution in [0.5, 0.6) is 5.75 Å². The Labute approximate surface area is 203 Å². The molecule has 11 heteroatoms. The second kappa shape index (κ2) is 11.0. The second-order valence-electron chi connectivity index (χ2n) is 7.89. The van der Waals surface area contributed by atoms with Crippen LogP contribution in [0.3, 0.4) is 0 Å². The van der Waals surface area contributed by atoms with E-state index in [1.807, 2.05) is 0 Å². The molecule has 0 saturated heterocycles. The number of likely N-dealkylation sites (N-methyl/N-ethyl adjacent to an activating group) is 1. The quantitative estimate of drug-likeness (QED) is 0.218. The highest BCUT2D eigenvalue weighted by Crippen LogP contribution is 2.39. The molecule has 0 amide bonds. The largest absolute Gasteiger partial charge is 0.488 e. The van der Waals surface area contributed by atoms with Crippen molar-refractivity contribution in [1.82, 2.24) is 4.90 Å². The van der Waals surface area contributed by atoms with E-state index in [1.165, 1.54) is 24.3 Å². The number of nitro groups is 1. The third-order valence-electron chi connectivity index (χ3n) is 5.09. The number of aliphatic hydroxyl groups excluding tert-OH is 1. The molecule has 0 fully saturated rings. The molecule has 186 valence electrons. The predicted octanol–water partition coefficient (Wildman–Crippen LogP) is 5.94. The molecule has 0 aliphatic carbocycles. The molecule has 1 N–H and O–H groups in total. The van der Waals surface area contributed by atoms with Gasteiger partial charge < -0.3 is 9.84 Å². The minimum absolute atomic E-state index is 0.0176. The number of alkyl halides is 3. The first-order chi connectivity index (χ1) is 16.5. The number of hydrogen-bond acceptors (Lipinski definition) is 5. The number of ether oxygens (including phenoxy) is 1. The van der Waals surface area contributed by atoms with E-state index in [2.05, 4.69) is 0 Å². The molecule has 3 rings (SSSR count). The maximum atomic E-state index is 13.9. The molecule has 0 heterocycles. The standard InChI is InChI=1S/C24H21ClF4N2O4/c1-30(13-17(32)14-35-23-9-7-16(31(33)34)11-22(23)26)12-15-6-8-19(21(25)10-15)18-4-2-3-5-20(18)24(27,28)29/h2-11,17,32H,12-14H2,1H3. The summed E-state index contributed by atoms with van der Waals surface area (Å²) in [5.74, 6) is -1.14. The summed E-state index contributed by atoms with van der Waals surface area (Å²) in [6.45, 7) is 0.196. The average molecular weight is 513 g/mol. The van der Waals surface area contributed by atoms with Crippen molar-refractivity contribution in [2.24, 2.45) is 0 Å². The Bertz CT molecular complexity index is 1210. The van der Waals surface area contributed by atoms with Gasteiger partial charge in [0.05, 0.1) is 16.6 Å². The van der Waals surface area contributed by atoms with E-state index in [0.717, 1.165) is 24.3 Å². The Hall–Kier alpha value is -3.21. The van der Waals surface area contributed by atoms with Crippen molar-refractivity contribution in [3.63, 3.8) is 0 Å². The van der Waals surface area contributed by atoms with Crippen molar-refractivity contribution in [2.75, 3.05) is 20.2 Å². The zero-order valence-electron chi connectivity index (χ0n) is 18.4. The SMILES string of the molecule is CN(Cc1ccc(-c2ccccc2C(F)(F)F)c(Cl)c1)CC(O)COc1ccc([N+](=O)[O-])cc1F. The summed E-state index contributed by atoms with van der Waals surface area (Å²) in [5, 5.41) is 21.0. The summed E-state index contributed by atoms with van der Waals surface area (Å²) in [6, 6.07) is 12.9. The molecular weight excluding hydrogens is 492 g/mol. The first-order valence-corrected chi connectivity index (χ1v) is 10.7. The fourth-order valence-corrected chi connectivity index (χ4v) is 3.84. The smallest absolute Gasteiger partial charge is 0.417 e. The van der Waals surface area contributed by atoms with Gasteiger partial charge in [-0.3, -0.25) is 15.0 Å². The van der Waals surface area contributed by atoms with Gasteiger partial charge in [0.15, 0.2) is 11.6 Å². The number of hydrogen-bond donors (Lipinski definition) is 1. The molecule has 0 aromatic heterocycles. The average Bonchev–Trinajstić information content (AvgIpc) is 2.77. The predicted molar refractivity (Wildman–Crippen MR) is 123 cm³/mol. The Morgan fingerprint density at radius 1 is 1.11 bits per heavy atom. The van der Waals surface area contributed by atoms with E-state index in [9.17, 15) is 32.8 Å². The number of nitro benzene ring substituents is 1. The van der Waals surface area contributed by atoms with Gasteiger partial charge in [-0.1, -0.05) is 41.9 Å². The molecule has 3 aromatic carbocycles. The van der Waals surface area contributed by atoms with Gasteiger partial charge in [0.1, 0.15) is 12.7 Å². The first-order valence-electron chi connectivity index (χ1n) is 10.3. The van der Waals surface area contributed by atoms with Crippen LogP contribution in [0.2, 0.25) is 5.02 Å². The number of benzene rings is 3. The van der Waals surface area contributed by atoms with E-state index in [0.29, 0.717) is 12.1 Å². The van der Waals surface area contributed by atoms with Crippen LogP contribution in [-0.4, -0.2) is 41.2 Å². The van der Waals surface area contributed by atoms with Crippen LogP contribution in [0, 0.1) is 15.9 Å². The summed E-state index contributed by atoms with van der Waals surface area (Å²) >= 11 is 6.31. The van der Waals surface area contributed by atoms with Gasteiger partial charge in [0.25, 0.3) is 5.69 Å². The molecule has 3 aromatic rings. The lowest BCUT2D eigenvalue weighted by molar-refractivity contribution is -0.385.